The zero-order valence-electron chi connectivity index (χ0n) is 12.2. The number of amidine groups is 2. The second kappa shape index (κ2) is 11.0. The van der Waals surface area contributed by atoms with Gasteiger partial charge in [0.25, 0.3) is 0 Å². The van der Waals surface area contributed by atoms with Crippen molar-refractivity contribution in [3.05, 3.63) is 30.1 Å². The average Bonchev–Trinajstić information content (AvgIpc) is 2.53. The van der Waals surface area contributed by atoms with Crippen LogP contribution in [-0.4, -0.2) is 40.8 Å². The van der Waals surface area contributed by atoms with Crippen molar-refractivity contribution in [3.8, 4) is 0 Å². The fraction of sp³-hybridized carbons (Fsp3) is 0.250. The Morgan fingerprint density at radius 1 is 1.05 bits per heavy atom. The predicted octanol–water partition coefficient (Wildman–Crippen LogP) is 0.404. The number of hydrogen-bond acceptors (Lipinski definition) is 7. The van der Waals surface area contributed by atoms with Gasteiger partial charge in [0, 0.05) is 32.1 Å². The molecule has 0 saturated heterocycles. The molecule has 0 amide bonds. The van der Waals surface area contributed by atoms with Crippen LogP contribution in [0.25, 0.3) is 0 Å². The van der Waals surface area contributed by atoms with E-state index in [1.807, 2.05) is 6.07 Å². The van der Waals surface area contributed by atoms with Gasteiger partial charge < -0.3 is 35.9 Å². The van der Waals surface area contributed by atoms with E-state index in [9.17, 15) is 0 Å². The van der Waals surface area contributed by atoms with E-state index in [1.165, 1.54) is 0 Å². The Kier molecular flexibility index (Phi) is 10.2. The van der Waals surface area contributed by atoms with Gasteiger partial charge in [-0.25, -0.2) is 0 Å². The van der Waals surface area contributed by atoms with Gasteiger partial charge in [0.15, 0.2) is 0 Å². The van der Waals surface area contributed by atoms with Crippen molar-refractivity contribution < 1.29 is 17.1 Å². The van der Waals surface area contributed by atoms with Crippen molar-refractivity contribution in [3.63, 3.8) is 0 Å². The molecule has 1 aromatic heterocycles. The number of hydrogen-bond donors (Lipinski definition) is 2. The largest absolute Gasteiger partial charge is 2.00 e. The van der Waals surface area contributed by atoms with E-state index >= 15 is 0 Å². The molecule has 10 heteroatoms. The van der Waals surface area contributed by atoms with E-state index in [1.54, 1.807) is 39.5 Å². The zero-order valence-corrected chi connectivity index (χ0v) is 14.7. The molecule has 0 aliphatic carbocycles. The molecule has 0 fully saturated rings. The smallest absolute Gasteiger partial charge is 0.741 e. The molecule has 0 atom stereocenters. The summed E-state index contributed by atoms with van der Waals surface area (Å²) in [5, 5.41) is 21.9. The second-order valence-corrected chi connectivity index (χ2v) is 4.46. The first kappa shape index (κ1) is 20.4. The first-order chi connectivity index (χ1) is 10.1. The standard InChI is InChI=1S/C12H17N7S2.Cu/c1-8(16-18-11(20)13-2)10(17-19-12(21)14-3)9-5-4-6-15-7-9;/h4-7H,1-3H3,(H2,13,18,20)(H2,14,19,21);/q;+2/p-2/b16-8+,17-10-;. The molecule has 0 spiro atoms. The van der Waals surface area contributed by atoms with Crippen LogP contribution in [0.3, 0.4) is 0 Å². The fourth-order valence-electron chi connectivity index (χ4n) is 1.21. The zero-order chi connectivity index (χ0) is 15.7. The van der Waals surface area contributed by atoms with Gasteiger partial charge in [-0.15, -0.1) is 5.10 Å². The Hall–Kier alpha value is -1.61. The normalized spacial score (nSPS) is 13.4. The summed E-state index contributed by atoms with van der Waals surface area (Å²) in [6.07, 6.45) is 3.33. The maximum Gasteiger partial charge on any atom is 2.00 e. The summed E-state index contributed by atoms with van der Waals surface area (Å²) in [5.41, 5.74) is 1.82. The van der Waals surface area contributed by atoms with Crippen LogP contribution in [0.1, 0.15) is 12.5 Å². The molecule has 1 heterocycles. The molecule has 0 saturated carbocycles. The van der Waals surface area contributed by atoms with Crippen LogP contribution in [0.4, 0.5) is 0 Å². The second-order valence-electron chi connectivity index (χ2n) is 3.69. The minimum atomic E-state index is 0. The monoisotopic (exact) mass is 384 g/mol. The Morgan fingerprint density at radius 2 is 1.64 bits per heavy atom. The molecule has 121 valence electrons. The van der Waals surface area contributed by atoms with E-state index < -0.39 is 0 Å². The number of aromatic nitrogens is 1. The first-order valence-corrected chi connectivity index (χ1v) is 6.78. The van der Waals surface area contributed by atoms with Gasteiger partial charge in [0.1, 0.15) is 5.71 Å². The van der Waals surface area contributed by atoms with Crippen LogP contribution < -0.4 is 10.6 Å². The SMILES string of the molecule is CN/C([S-])=N/N=C(C)/C(=N/N=C(\[S-])NC)c1cccnc1.[Cu+2]. The van der Waals surface area contributed by atoms with Crippen LogP contribution in [0.2, 0.25) is 0 Å². The van der Waals surface area contributed by atoms with Gasteiger partial charge in [-0.2, -0.15) is 15.3 Å². The molecular formula is C12H15CuN7S2. The van der Waals surface area contributed by atoms with Crippen molar-refractivity contribution in [2.24, 2.45) is 20.4 Å². The van der Waals surface area contributed by atoms with Gasteiger partial charge in [-0.05, 0) is 29.4 Å². The van der Waals surface area contributed by atoms with Gasteiger partial charge >= 0.3 is 17.1 Å². The minimum absolute atomic E-state index is 0. The van der Waals surface area contributed by atoms with Crippen molar-refractivity contribution >= 4 is 47.0 Å². The van der Waals surface area contributed by atoms with Crippen molar-refractivity contribution in [2.45, 2.75) is 6.92 Å². The molecule has 1 rings (SSSR count). The third-order valence-corrected chi connectivity index (χ3v) is 2.81. The summed E-state index contributed by atoms with van der Waals surface area (Å²) >= 11 is 9.85. The summed E-state index contributed by atoms with van der Waals surface area (Å²) in [6.45, 7) is 1.76. The third-order valence-electron chi connectivity index (χ3n) is 2.24. The van der Waals surface area contributed by atoms with E-state index in [-0.39, 0.29) is 27.4 Å². The number of nitrogens with zero attached hydrogens (tertiary/aromatic N) is 5. The van der Waals surface area contributed by atoms with E-state index in [2.05, 4.69) is 36.0 Å². The molecule has 1 aromatic rings. The minimum Gasteiger partial charge on any atom is -0.741 e. The predicted molar refractivity (Wildman–Crippen MR) is 91.6 cm³/mol. The van der Waals surface area contributed by atoms with Crippen molar-refractivity contribution in [1.82, 2.24) is 15.6 Å². The van der Waals surface area contributed by atoms with Crippen molar-refractivity contribution in [1.29, 1.82) is 0 Å². The molecule has 22 heavy (non-hydrogen) atoms. The van der Waals surface area contributed by atoms with E-state index in [0.29, 0.717) is 11.4 Å². The molecule has 2 N–H and O–H groups in total. The average molecular weight is 385 g/mol. The van der Waals surface area contributed by atoms with Crippen LogP contribution in [0, 0.1) is 0 Å². The fourth-order valence-corrected chi connectivity index (χ4v) is 1.29. The first-order valence-electron chi connectivity index (χ1n) is 5.96. The Bertz CT molecular complexity index is 584. The number of rotatable bonds is 4. The quantitative estimate of drug-likeness (QED) is 0.258. The third kappa shape index (κ3) is 6.90. The Balaban J connectivity index is 0.00000441. The van der Waals surface area contributed by atoms with Crippen LogP contribution in [0.5, 0.6) is 0 Å². The van der Waals surface area contributed by atoms with Crippen LogP contribution >= 0.6 is 0 Å². The van der Waals surface area contributed by atoms with E-state index in [4.69, 9.17) is 25.3 Å². The van der Waals surface area contributed by atoms with Crippen molar-refractivity contribution in [2.75, 3.05) is 14.1 Å². The maximum atomic E-state index is 4.94. The summed E-state index contributed by atoms with van der Waals surface area (Å²) in [7, 11) is 3.35. The molecule has 1 radical (unpaired) electrons. The Morgan fingerprint density at radius 3 is 2.14 bits per heavy atom. The van der Waals surface area contributed by atoms with Gasteiger partial charge in [0.2, 0.25) is 0 Å². The topological polar surface area (TPSA) is 86.4 Å². The molecule has 0 bridgehead atoms. The summed E-state index contributed by atoms with van der Waals surface area (Å²) < 4.78 is 0. The van der Waals surface area contributed by atoms with Crippen LogP contribution in [0.15, 0.2) is 44.9 Å². The molecule has 0 aromatic carbocycles. The number of pyridine rings is 1. The summed E-state index contributed by atoms with van der Waals surface area (Å²) in [6, 6.07) is 3.64. The molecule has 0 aliphatic heterocycles. The summed E-state index contributed by atoms with van der Waals surface area (Å²) in [5.74, 6) is 0. The van der Waals surface area contributed by atoms with Gasteiger partial charge in [-0.1, -0.05) is 0 Å². The number of nitrogens with one attached hydrogen (secondary N) is 2. The van der Waals surface area contributed by atoms with E-state index in [0.717, 1.165) is 5.56 Å². The van der Waals surface area contributed by atoms with Gasteiger partial charge in [0.05, 0.1) is 5.71 Å². The summed E-state index contributed by atoms with van der Waals surface area (Å²) in [4.78, 5) is 4.05. The molecule has 0 unspecified atom stereocenters. The van der Waals surface area contributed by atoms with Crippen LogP contribution in [-0.2, 0) is 42.3 Å². The molecule has 0 aliphatic rings. The van der Waals surface area contributed by atoms with Gasteiger partial charge in [-0.3, -0.25) is 4.98 Å². The molecular weight excluding hydrogens is 370 g/mol. The molecule has 7 nitrogen and oxygen atoms in total. The maximum absolute atomic E-state index is 4.94. The Labute approximate surface area is 151 Å².